The first-order valence-electron chi connectivity index (χ1n) is 10.0. The predicted octanol–water partition coefficient (Wildman–Crippen LogP) is 3.92. The van der Waals surface area contributed by atoms with Crippen molar-refractivity contribution in [2.75, 3.05) is 4.90 Å². The summed E-state index contributed by atoms with van der Waals surface area (Å²) in [6.07, 6.45) is 5.61. The molecule has 5 nitrogen and oxygen atoms in total. The van der Waals surface area contributed by atoms with Gasteiger partial charge in [-0.25, -0.2) is 4.90 Å². The molecule has 1 atom stereocenters. The Bertz CT molecular complexity index is 702. The smallest absolute Gasteiger partial charge is 0.257 e. The number of amides is 3. The van der Waals surface area contributed by atoms with Crippen molar-refractivity contribution >= 4 is 23.4 Å². The number of para-hydroxylation sites is 1. The molecule has 5 heteroatoms. The molecule has 1 aliphatic carbocycles. The van der Waals surface area contributed by atoms with Gasteiger partial charge in [-0.2, -0.15) is 0 Å². The van der Waals surface area contributed by atoms with Crippen LogP contribution in [0.5, 0.6) is 0 Å². The van der Waals surface area contributed by atoms with E-state index in [9.17, 15) is 14.4 Å². The zero-order chi connectivity index (χ0) is 19.6. The van der Waals surface area contributed by atoms with Gasteiger partial charge in [-0.15, -0.1) is 0 Å². The van der Waals surface area contributed by atoms with Gasteiger partial charge in [0.1, 0.15) is 6.04 Å². The van der Waals surface area contributed by atoms with Crippen molar-refractivity contribution in [3.63, 3.8) is 0 Å². The number of benzene rings is 1. The predicted molar refractivity (Wildman–Crippen MR) is 105 cm³/mol. The second-order valence-corrected chi connectivity index (χ2v) is 8.95. The van der Waals surface area contributed by atoms with Gasteiger partial charge in [-0.05, 0) is 30.4 Å². The maximum absolute atomic E-state index is 13.2. The van der Waals surface area contributed by atoms with E-state index in [1.54, 1.807) is 17.0 Å². The molecule has 0 bridgehead atoms. The fourth-order valence-corrected chi connectivity index (χ4v) is 4.22. The first-order valence-corrected chi connectivity index (χ1v) is 10.0. The molecule has 1 unspecified atom stereocenters. The topological polar surface area (TPSA) is 57.7 Å². The lowest BCUT2D eigenvalue weighted by Crippen LogP contribution is -2.52. The average molecular weight is 370 g/mol. The van der Waals surface area contributed by atoms with Crippen LogP contribution in [-0.2, 0) is 14.4 Å². The number of rotatable bonds is 4. The Morgan fingerprint density at radius 3 is 2.30 bits per heavy atom. The molecule has 27 heavy (non-hydrogen) atoms. The lowest BCUT2D eigenvalue weighted by atomic mass is 9.88. The summed E-state index contributed by atoms with van der Waals surface area (Å²) in [5.41, 5.74) is 0.427. The molecule has 1 saturated heterocycles. The van der Waals surface area contributed by atoms with Crippen LogP contribution in [-0.4, -0.2) is 34.7 Å². The minimum Gasteiger partial charge on any atom is -0.327 e. The molecule has 1 aliphatic heterocycles. The maximum Gasteiger partial charge on any atom is 0.257 e. The first kappa shape index (κ1) is 19.6. The van der Waals surface area contributed by atoms with Crippen LogP contribution in [0.15, 0.2) is 30.3 Å². The first-order chi connectivity index (χ1) is 12.8. The third-order valence-corrected chi connectivity index (χ3v) is 5.41. The van der Waals surface area contributed by atoms with E-state index in [4.69, 9.17) is 0 Å². The average Bonchev–Trinajstić information content (AvgIpc) is 2.89. The summed E-state index contributed by atoms with van der Waals surface area (Å²) in [6, 6.07) is 8.40. The second-order valence-electron chi connectivity index (χ2n) is 8.95. The minimum atomic E-state index is -0.671. The van der Waals surface area contributed by atoms with Gasteiger partial charge in [0.15, 0.2) is 0 Å². The molecule has 1 aromatic rings. The molecule has 1 aromatic carbocycles. The van der Waals surface area contributed by atoms with Gasteiger partial charge in [0.25, 0.3) is 5.91 Å². The maximum atomic E-state index is 13.2. The largest absolute Gasteiger partial charge is 0.327 e. The minimum absolute atomic E-state index is 0.00420. The Kier molecular flexibility index (Phi) is 5.68. The molecule has 0 aromatic heterocycles. The van der Waals surface area contributed by atoms with E-state index in [1.165, 1.54) is 11.3 Å². The van der Waals surface area contributed by atoms with E-state index in [-0.39, 0.29) is 35.6 Å². The molecule has 0 radical (unpaired) electrons. The monoisotopic (exact) mass is 370 g/mol. The number of imide groups is 1. The van der Waals surface area contributed by atoms with Crippen LogP contribution in [0, 0.1) is 5.41 Å². The third kappa shape index (κ3) is 4.40. The van der Waals surface area contributed by atoms with Gasteiger partial charge in [-0.1, -0.05) is 58.2 Å². The van der Waals surface area contributed by atoms with Gasteiger partial charge in [0.05, 0.1) is 12.1 Å². The highest BCUT2D eigenvalue weighted by atomic mass is 16.2. The normalized spacial score (nSPS) is 21.6. The second kappa shape index (κ2) is 7.83. The van der Waals surface area contributed by atoms with Crippen LogP contribution in [0.25, 0.3) is 0 Å². The highest BCUT2D eigenvalue weighted by molar-refractivity contribution is 6.23. The number of carbonyl (C=O) groups is 3. The number of carbonyl (C=O) groups excluding carboxylic acids is 3. The van der Waals surface area contributed by atoms with Crippen LogP contribution in [0.4, 0.5) is 5.69 Å². The molecule has 0 spiro atoms. The Hall–Kier alpha value is -2.17. The molecule has 0 N–H and O–H groups in total. The summed E-state index contributed by atoms with van der Waals surface area (Å²) in [4.78, 5) is 42.1. The highest BCUT2D eigenvalue weighted by Crippen LogP contribution is 2.33. The van der Waals surface area contributed by atoms with Crippen molar-refractivity contribution in [1.29, 1.82) is 0 Å². The molecule has 146 valence electrons. The van der Waals surface area contributed by atoms with Gasteiger partial charge in [-0.3, -0.25) is 14.4 Å². The lowest BCUT2D eigenvalue weighted by Gasteiger charge is -2.38. The van der Waals surface area contributed by atoms with E-state index in [0.717, 1.165) is 25.7 Å². The van der Waals surface area contributed by atoms with Crippen LogP contribution >= 0.6 is 0 Å². The fourth-order valence-electron chi connectivity index (χ4n) is 4.22. The van der Waals surface area contributed by atoms with Crippen molar-refractivity contribution < 1.29 is 14.4 Å². The highest BCUT2D eigenvalue weighted by Gasteiger charge is 2.46. The van der Waals surface area contributed by atoms with Crippen LogP contribution in [0.2, 0.25) is 0 Å². The number of hydrogen-bond donors (Lipinski definition) is 0. The Balaban J connectivity index is 1.88. The van der Waals surface area contributed by atoms with Crippen molar-refractivity contribution in [2.45, 2.75) is 77.8 Å². The van der Waals surface area contributed by atoms with E-state index in [2.05, 4.69) is 0 Å². The summed E-state index contributed by atoms with van der Waals surface area (Å²) in [5.74, 6) is -0.491. The fraction of sp³-hybridized carbons (Fsp3) is 0.591. The molecule has 2 fully saturated rings. The summed E-state index contributed by atoms with van der Waals surface area (Å²) >= 11 is 0. The van der Waals surface area contributed by atoms with Gasteiger partial charge < -0.3 is 4.90 Å². The number of nitrogens with zero attached hydrogens (tertiary/aromatic N) is 2. The summed E-state index contributed by atoms with van der Waals surface area (Å²) < 4.78 is 0. The van der Waals surface area contributed by atoms with Crippen molar-refractivity contribution in [3.8, 4) is 0 Å². The van der Waals surface area contributed by atoms with Crippen LogP contribution < -0.4 is 4.90 Å². The Morgan fingerprint density at radius 1 is 1.07 bits per heavy atom. The van der Waals surface area contributed by atoms with Crippen LogP contribution in [0.1, 0.15) is 65.7 Å². The van der Waals surface area contributed by atoms with Crippen molar-refractivity contribution in [2.24, 2.45) is 5.41 Å². The van der Waals surface area contributed by atoms with Gasteiger partial charge in [0, 0.05) is 12.5 Å². The van der Waals surface area contributed by atoms with Gasteiger partial charge >= 0.3 is 0 Å². The zero-order valence-corrected chi connectivity index (χ0v) is 16.6. The standard InChI is InChI=1S/C22H30N2O3/c1-22(2,3)15-20(26)23(16-10-6-4-7-11-16)18-14-19(25)24(21(18)27)17-12-8-5-9-13-17/h5,8-9,12-13,16,18H,4,6-7,10-11,14-15H2,1-3H3. The zero-order valence-electron chi connectivity index (χ0n) is 16.6. The van der Waals surface area contributed by atoms with Crippen molar-refractivity contribution in [1.82, 2.24) is 4.90 Å². The SMILES string of the molecule is CC(C)(C)CC(=O)N(C1CCCCC1)C1CC(=O)N(c2ccccc2)C1=O. The number of anilines is 1. The van der Waals surface area contributed by atoms with Crippen LogP contribution in [0.3, 0.4) is 0 Å². The summed E-state index contributed by atoms with van der Waals surface area (Å²) in [7, 11) is 0. The lowest BCUT2D eigenvalue weighted by molar-refractivity contribution is -0.143. The summed E-state index contributed by atoms with van der Waals surface area (Å²) in [5, 5.41) is 0. The molecular formula is C22H30N2O3. The summed E-state index contributed by atoms with van der Waals surface area (Å²) in [6.45, 7) is 6.09. The molecular weight excluding hydrogens is 340 g/mol. The molecule has 3 rings (SSSR count). The molecule has 1 saturated carbocycles. The van der Waals surface area contributed by atoms with E-state index in [1.807, 2.05) is 39.0 Å². The third-order valence-electron chi connectivity index (χ3n) is 5.41. The van der Waals surface area contributed by atoms with E-state index < -0.39 is 6.04 Å². The van der Waals surface area contributed by atoms with E-state index in [0.29, 0.717) is 12.1 Å². The molecule has 2 aliphatic rings. The Labute approximate surface area is 161 Å². The molecule has 3 amide bonds. The van der Waals surface area contributed by atoms with E-state index >= 15 is 0 Å². The molecule has 1 heterocycles. The van der Waals surface area contributed by atoms with Gasteiger partial charge in [0.2, 0.25) is 11.8 Å². The number of hydrogen-bond acceptors (Lipinski definition) is 3. The van der Waals surface area contributed by atoms with Crippen molar-refractivity contribution in [3.05, 3.63) is 30.3 Å². The Morgan fingerprint density at radius 2 is 1.70 bits per heavy atom. The quantitative estimate of drug-likeness (QED) is 0.755.